The van der Waals surface area contributed by atoms with Gasteiger partial charge in [0.05, 0.1) is 19.8 Å². The summed E-state index contributed by atoms with van der Waals surface area (Å²) < 4.78 is 12.7. The lowest BCUT2D eigenvalue weighted by atomic mass is 10.1. The summed E-state index contributed by atoms with van der Waals surface area (Å²) in [5, 5.41) is 4.09. The van der Waals surface area contributed by atoms with Crippen LogP contribution in [-0.4, -0.2) is 50.5 Å². The molecular weight excluding hydrogens is 354 g/mol. The first-order valence-corrected chi connectivity index (χ1v) is 9.56. The molecule has 0 unspecified atom stereocenters. The summed E-state index contributed by atoms with van der Waals surface area (Å²) in [6.07, 6.45) is 2.04. The third-order valence-corrected chi connectivity index (χ3v) is 5.07. The molecule has 3 aromatic rings. The molecule has 2 aromatic carbocycles. The summed E-state index contributed by atoms with van der Waals surface area (Å²) in [5.74, 6) is -0.105. The number of ether oxygens (including phenoxy) is 2. The predicted octanol–water partition coefficient (Wildman–Crippen LogP) is 3.38. The maximum absolute atomic E-state index is 12.6. The van der Waals surface area contributed by atoms with Gasteiger partial charge in [0.2, 0.25) is 0 Å². The minimum Gasteiger partial charge on any atom is -0.383 e. The number of hydrogen-bond donors (Lipinski definition) is 1. The maximum Gasteiger partial charge on any atom is 0.255 e. The molecule has 2 heterocycles. The number of nitrogens with one attached hydrogen (secondary N) is 1. The highest BCUT2D eigenvalue weighted by Crippen LogP contribution is 2.22. The molecule has 0 aliphatic carbocycles. The van der Waals surface area contributed by atoms with E-state index in [1.54, 1.807) is 7.11 Å². The highest BCUT2D eigenvalue weighted by atomic mass is 16.5. The number of anilines is 2. The van der Waals surface area contributed by atoms with Crippen LogP contribution in [0.25, 0.3) is 10.9 Å². The third kappa shape index (κ3) is 4.03. The number of aromatic nitrogens is 1. The molecule has 0 atom stereocenters. The van der Waals surface area contributed by atoms with Gasteiger partial charge < -0.3 is 24.3 Å². The molecule has 1 N–H and O–H groups in total. The molecule has 4 rings (SSSR count). The number of rotatable bonds is 6. The molecule has 6 nitrogen and oxygen atoms in total. The lowest BCUT2D eigenvalue weighted by Crippen LogP contribution is -2.36. The zero-order valence-corrected chi connectivity index (χ0v) is 16.1. The van der Waals surface area contributed by atoms with Crippen LogP contribution in [0, 0.1) is 0 Å². The Bertz CT molecular complexity index is 943. The van der Waals surface area contributed by atoms with E-state index in [0.717, 1.165) is 55.1 Å². The van der Waals surface area contributed by atoms with Gasteiger partial charge in [0.1, 0.15) is 0 Å². The zero-order valence-electron chi connectivity index (χ0n) is 16.1. The Kier molecular flexibility index (Phi) is 5.60. The lowest BCUT2D eigenvalue weighted by molar-refractivity contribution is 0.102. The van der Waals surface area contributed by atoms with Crippen LogP contribution < -0.4 is 10.2 Å². The van der Waals surface area contributed by atoms with Gasteiger partial charge in [0.25, 0.3) is 5.91 Å². The first-order valence-electron chi connectivity index (χ1n) is 9.56. The number of benzene rings is 2. The normalized spacial score (nSPS) is 14.4. The van der Waals surface area contributed by atoms with Crippen molar-refractivity contribution in [2.24, 2.45) is 0 Å². The molecule has 1 aromatic heterocycles. The fourth-order valence-corrected chi connectivity index (χ4v) is 3.51. The number of fused-ring (bicyclic) bond motifs is 1. The molecule has 1 saturated heterocycles. The van der Waals surface area contributed by atoms with Crippen molar-refractivity contribution in [1.29, 1.82) is 0 Å². The van der Waals surface area contributed by atoms with Gasteiger partial charge in [-0.2, -0.15) is 0 Å². The summed E-state index contributed by atoms with van der Waals surface area (Å²) in [6, 6.07) is 15.8. The molecule has 1 aliphatic rings. The van der Waals surface area contributed by atoms with Crippen LogP contribution in [0.3, 0.4) is 0 Å². The molecule has 1 amide bonds. The zero-order chi connectivity index (χ0) is 19.3. The number of morpholine rings is 1. The summed E-state index contributed by atoms with van der Waals surface area (Å²) in [7, 11) is 1.70. The molecule has 146 valence electrons. The topological polar surface area (TPSA) is 55.7 Å². The average Bonchev–Trinajstić information content (AvgIpc) is 3.15. The largest absolute Gasteiger partial charge is 0.383 e. The van der Waals surface area contributed by atoms with Crippen LogP contribution in [-0.2, 0) is 16.0 Å². The fraction of sp³-hybridized carbons (Fsp3) is 0.318. The number of methoxy groups -OCH3 is 1. The molecule has 1 aliphatic heterocycles. The molecule has 6 heteroatoms. The predicted molar refractivity (Wildman–Crippen MR) is 111 cm³/mol. The number of hydrogen-bond acceptors (Lipinski definition) is 4. The van der Waals surface area contributed by atoms with Crippen LogP contribution in [0.5, 0.6) is 0 Å². The first kappa shape index (κ1) is 18.5. The van der Waals surface area contributed by atoms with Crippen LogP contribution >= 0.6 is 0 Å². The van der Waals surface area contributed by atoms with E-state index in [-0.39, 0.29) is 5.91 Å². The van der Waals surface area contributed by atoms with Crippen LogP contribution in [0.4, 0.5) is 11.4 Å². The second kappa shape index (κ2) is 8.46. The molecule has 0 spiro atoms. The summed E-state index contributed by atoms with van der Waals surface area (Å²) in [6.45, 7) is 4.74. The van der Waals surface area contributed by atoms with Crippen molar-refractivity contribution in [3.8, 4) is 0 Å². The van der Waals surface area contributed by atoms with Gasteiger partial charge in [0.15, 0.2) is 0 Å². The Morgan fingerprint density at radius 3 is 2.64 bits per heavy atom. The first-order chi connectivity index (χ1) is 13.7. The summed E-state index contributed by atoms with van der Waals surface area (Å²) >= 11 is 0. The van der Waals surface area contributed by atoms with Gasteiger partial charge in [-0.25, -0.2) is 0 Å². The fourth-order valence-electron chi connectivity index (χ4n) is 3.51. The molecule has 1 fully saturated rings. The number of nitrogens with zero attached hydrogens (tertiary/aromatic N) is 2. The van der Waals surface area contributed by atoms with Crippen LogP contribution in [0.15, 0.2) is 54.7 Å². The van der Waals surface area contributed by atoms with Gasteiger partial charge in [-0.05, 0) is 48.5 Å². The van der Waals surface area contributed by atoms with E-state index in [0.29, 0.717) is 12.2 Å². The van der Waals surface area contributed by atoms with Crippen molar-refractivity contribution in [3.05, 3.63) is 60.3 Å². The van der Waals surface area contributed by atoms with Gasteiger partial charge in [-0.1, -0.05) is 0 Å². The van der Waals surface area contributed by atoms with Gasteiger partial charge >= 0.3 is 0 Å². The summed E-state index contributed by atoms with van der Waals surface area (Å²) in [5.41, 5.74) is 3.69. The average molecular weight is 379 g/mol. The SMILES string of the molecule is COCCn1ccc2cc(NC(=O)c3ccc(N4CCOCC4)cc3)ccc21. The van der Waals surface area contributed by atoms with E-state index in [4.69, 9.17) is 9.47 Å². The van der Waals surface area contributed by atoms with E-state index in [9.17, 15) is 4.79 Å². The second-order valence-electron chi connectivity index (χ2n) is 6.88. The molecular formula is C22H25N3O3. The van der Waals surface area contributed by atoms with Crippen molar-refractivity contribution in [1.82, 2.24) is 4.57 Å². The van der Waals surface area contributed by atoms with Crippen molar-refractivity contribution in [2.45, 2.75) is 6.54 Å². The highest BCUT2D eigenvalue weighted by molar-refractivity contribution is 6.05. The number of carbonyl (C=O) groups excluding carboxylic acids is 1. The number of amides is 1. The lowest BCUT2D eigenvalue weighted by Gasteiger charge is -2.28. The summed E-state index contributed by atoms with van der Waals surface area (Å²) in [4.78, 5) is 14.9. The molecule has 28 heavy (non-hydrogen) atoms. The van der Waals surface area contributed by atoms with Crippen molar-refractivity contribution < 1.29 is 14.3 Å². The van der Waals surface area contributed by atoms with E-state index >= 15 is 0 Å². The maximum atomic E-state index is 12.6. The van der Waals surface area contributed by atoms with Crippen molar-refractivity contribution in [3.63, 3.8) is 0 Å². The van der Waals surface area contributed by atoms with E-state index in [1.807, 2.05) is 48.7 Å². The Morgan fingerprint density at radius 1 is 1.11 bits per heavy atom. The minimum atomic E-state index is -0.105. The monoisotopic (exact) mass is 379 g/mol. The standard InChI is InChI=1S/C22H25N3O3/c1-27-13-10-25-9-8-18-16-19(4-7-21(18)25)23-22(26)17-2-5-20(6-3-17)24-11-14-28-15-12-24/h2-9,16H,10-15H2,1H3,(H,23,26). The Balaban J connectivity index is 1.44. The molecule has 0 bridgehead atoms. The second-order valence-corrected chi connectivity index (χ2v) is 6.88. The van der Waals surface area contributed by atoms with E-state index in [2.05, 4.69) is 20.9 Å². The molecule has 0 radical (unpaired) electrons. The van der Waals surface area contributed by atoms with Crippen molar-refractivity contribution >= 4 is 28.2 Å². The van der Waals surface area contributed by atoms with Gasteiger partial charge in [-0.3, -0.25) is 4.79 Å². The molecule has 0 saturated carbocycles. The van der Waals surface area contributed by atoms with Crippen LogP contribution in [0.2, 0.25) is 0 Å². The smallest absolute Gasteiger partial charge is 0.255 e. The Morgan fingerprint density at radius 2 is 1.89 bits per heavy atom. The van der Waals surface area contributed by atoms with Crippen molar-refractivity contribution in [2.75, 3.05) is 50.2 Å². The van der Waals surface area contributed by atoms with Crippen LogP contribution in [0.1, 0.15) is 10.4 Å². The van der Waals surface area contributed by atoms with Gasteiger partial charge in [0, 0.05) is 60.8 Å². The minimum absolute atomic E-state index is 0.105. The van der Waals surface area contributed by atoms with Gasteiger partial charge in [-0.15, -0.1) is 0 Å². The Labute approximate surface area is 164 Å². The van der Waals surface area contributed by atoms with E-state index in [1.165, 1.54) is 0 Å². The third-order valence-electron chi connectivity index (χ3n) is 5.07. The number of carbonyl (C=O) groups is 1. The Hall–Kier alpha value is -2.83. The highest BCUT2D eigenvalue weighted by Gasteiger charge is 2.12. The quantitative estimate of drug-likeness (QED) is 0.713. The van der Waals surface area contributed by atoms with E-state index < -0.39 is 0 Å².